The lowest BCUT2D eigenvalue weighted by Gasteiger charge is -2.39. The van der Waals surface area contributed by atoms with Crippen LogP contribution in [0.25, 0.3) is 0 Å². The predicted molar refractivity (Wildman–Crippen MR) is 117 cm³/mol. The Morgan fingerprint density at radius 2 is 1.93 bits per heavy atom. The first kappa shape index (κ1) is 20.5. The first-order valence-electron chi connectivity index (χ1n) is 10.4. The summed E-state index contributed by atoms with van der Waals surface area (Å²) in [5, 5.41) is 4.20. The van der Waals surface area contributed by atoms with Crippen molar-refractivity contribution >= 4 is 29.3 Å². The Balaban J connectivity index is 1.57. The number of likely N-dealkylation sites (tertiary alicyclic amines) is 1. The molecule has 2 heterocycles. The number of carbonyl (C=O) groups excluding carboxylic acids is 2. The van der Waals surface area contributed by atoms with E-state index in [-0.39, 0.29) is 24.2 Å². The lowest BCUT2D eigenvalue weighted by Crippen LogP contribution is -2.49. The molecule has 158 valence electrons. The summed E-state index contributed by atoms with van der Waals surface area (Å²) in [6.07, 6.45) is 0.874. The van der Waals surface area contributed by atoms with E-state index in [4.69, 9.17) is 16.3 Å². The maximum absolute atomic E-state index is 13.3. The van der Waals surface area contributed by atoms with Crippen LogP contribution in [0.4, 0.5) is 10.5 Å². The minimum Gasteiger partial charge on any atom is -0.450 e. The maximum Gasteiger partial charge on any atom is 0.409 e. The molecule has 2 amide bonds. The summed E-state index contributed by atoms with van der Waals surface area (Å²) in [6, 6.07) is 13.6. The third-order valence-electron chi connectivity index (χ3n) is 5.86. The maximum atomic E-state index is 13.3. The Labute approximate surface area is 181 Å². The number of benzene rings is 2. The summed E-state index contributed by atoms with van der Waals surface area (Å²) in [7, 11) is 0. The molecular weight excluding hydrogens is 402 g/mol. The number of fused-ring (bicyclic) bond motifs is 1. The van der Waals surface area contributed by atoms with E-state index in [2.05, 4.69) is 5.32 Å². The van der Waals surface area contributed by atoms with Gasteiger partial charge < -0.3 is 19.9 Å². The van der Waals surface area contributed by atoms with Gasteiger partial charge in [0.05, 0.1) is 6.61 Å². The van der Waals surface area contributed by atoms with Crippen LogP contribution in [0.2, 0.25) is 5.02 Å². The minimum absolute atomic E-state index is 0.0240. The van der Waals surface area contributed by atoms with Gasteiger partial charge in [-0.1, -0.05) is 35.9 Å². The van der Waals surface area contributed by atoms with E-state index in [1.54, 1.807) is 11.8 Å². The van der Waals surface area contributed by atoms with Gasteiger partial charge in [0.1, 0.15) is 6.17 Å². The fraction of sp³-hybridized carbons (Fsp3) is 0.391. The van der Waals surface area contributed by atoms with Gasteiger partial charge in [-0.05, 0) is 50.5 Å². The third kappa shape index (κ3) is 3.84. The van der Waals surface area contributed by atoms with Crippen LogP contribution in [0.3, 0.4) is 0 Å². The van der Waals surface area contributed by atoms with Crippen LogP contribution in [-0.2, 0) is 4.74 Å². The summed E-state index contributed by atoms with van der Waals surface area (Å²) < 4.78 is 5.12. The summed E-state index contributed by atoms with van der Waals surface area (Å²) in [5.74, 6) is 0.0240. The number of nitrogens with one attached hydrogen (secondary N) is 1. The molecule has 0 bridgehead atoms. The van der Waals surface area contributed by atoms with Gasteiger partial charge in [0, 0.05) is 41.0 Å². The standard InChI is InChI=1S/C23H26ClN3O3/c1-3-30-23(29)26-12-10-17(11-13-26)27-21(18-6-4-5-7-19(18)22(27)28)25-16-9-8-15(2)20(24)14-16/h4-9,14,17,21,25H,3,10-13H2,1-2H3/t21-/m1/s1. The molecule has 6 nitrogen and oxygen atoms in total. The molecule has 4 rings (SSSR count). The molecule has 1 saturated heterocycles. The molecule has 0 saturated carbocycles. The molecule has 2 aliphatic heterocycles. The normalized spacial score (nSPS) is 19.0. The Morgan fingerprint density at radius 1 is 1.20 bits per heavy atom. The molecule has 0 spiro atoms. The Kier molecular flexibility index (Phi) is 5.86. The highest BCUT2D eigenvalue weighted by Gasteiger charge is 2.42. The first-order valence-corrected chi connectivity index (χ1v) is 10.7. The minimum atomic E-state index is -0.282. The van der Waals surface area contributed by atoms with Crippen LogP contribution in [0, 0.1) is 6.92 Å². The topological polar surface area (TPSA) is 61.9 Å². The van der Waals surface area contributed by atoms with Crippen molar-refractivity contribution in [2.75, 3.05) is 25.0 Å². The number of halogens is 1. The zero-order chi connectivity index (χ0) is 21.3. The number of anilines is 1. The van der Waals surface area contributed by atoms with Gasteiger partial charge in [0.2, 0.25) is 0 Å². The van der Waals surface area contributed by atoms with Crippen molar-refractivity contribution in [2.45, 2.75) is 38.9 Å². The quantitative estimate of drug-likeness (QED) is 0.758. The molecule has 0 unspecified atom stereocenters. The second-order valence-corrected chi connectivity index (χ2v) is 8.13. The number of hydrogen-bond donors (Lipinski definition) is 1. The smallest absolute Gasteiger partial charge is 0.409 e. The van der Waals surface area contributed by atoms with E-state index >= 15 is 0 Å². The number of rotatable bonds is 4. The molecule has 0 aromatic heterocycles. The van der Waals surface area contributed by atoms with E-state index in [9.17, 15) is 9.59 Å². The lowest BCUT2D eigenvalue weighted by molar-refractivity contribution is 0.0496. The fourth-order valence-electron chi connectivity index (χ4n) is 4.24. The molecule has 1 N–H and O–H groups in total. The van der Waals surface area contributed by atoms with Gasteiger partial charge in [0.15, 0.2) is 0 Å². The van der Waals surface area contributed by atoms with Gasteiger partial charge in [-0.2, -0.15) is 0 Å². The SMILES string of the molecule is CCOC(=O)N1CCC(N2C(=O)c3ccccc3[C@@H]2Nc2ccc(C)c(Cl)c2)CC1. The summed E-state index contributed by atoms with van der Waals surface area (Å²) in [4.78, 5) is 29.0. The van der Waals surface area contributed by atoms with Crippen molar-refractivity contribution in [2.24, 2.45) is 0 Å². The second kappa shape index (κ2) is 8.56. The first-order chi connectivity index (χ1) is 14.5. The molecular formula is C23H26ClN3O3. The second-order valence-electron chi connectivity index (χ2n) is 7.73. The molecule has 1 fully saturated rings. The van der Waals surface area contributed by atoms with Crippen molar-refractivity contribution < 1.29 is 14.3 Å². The van der Waals surface area contributed by atoms with E-state index in [1.807, 2.05) is 54.3 Å². The predicted octanol–water partition coefficient (Wildman–Crippen LogP) is 4.84. The molecule has 2 aromatic carbocycles. The number of carbonyl (C=O) groups is 2. The molecule has 30 heavy (non-hydrogen) atoms. The van der Waals surface area contributed by atoms with E-state index in [0.29, 0.717) is 37.6 Å². The average Bonchev–Trinajstić information content (AvgIpc) is 3.03. The third-order valence-corrected chi connectivity index (χ3v) is 6.26. The van der Waals surface area contributed by atoms with Crippen LogP contribution >= 0.6 is 11.6 Å². The summed E-state index contributed by atoms with van der Waals surface area (Å²) in [5.41, 5.74) is 3.57. The largest absolute Gasteiger partial charge is 0.450 e. The van der Waals surface area contributed by atoms with Gasteiger partial charge in [-0.15, -0.1) is 0 Å². The number of amides is 2. The van der Waals surface area contributed by atoms with Crippen molar-refractivity contribution in [3.63, 3.8) is 0 Å². The van der Waals surface area contributed by atoms with Crippen molar-refractivity contribution in [3.8, 4) is 0 Å². The zero-order valence-electron chi connectivity index (χ0n) is 17.2. The molecule has 1 atom stereocenters. The highest BCUT2D eigenvalue weighted by molar-refractivity contribution is 6.31. The van der Waals surface area contributed by atoms with Crippen LogP contribution < -0.4 is 5.32 Å². The number of aryl methyl sites for hydroxylation is 1. The highest BCUT2D eigenvalue weighted by Crippen LogP contribution is 2.38. The summed E-state index contributed by atoms with van der Waals surface area (Å²) >= 11 is 6.31. The highest BCUT2D eigenvalue weighted by atomic mass is 35.5. The molecule has 7 heteroatoms. The van der Waals surface area contributed by atoms with Crippen molar-refractivity contribution in [3.05, 3.63) is 64.2 Å². The zero-order valence-corrected chi connectivity index (χ0v) is 18.0. The number of hydrogen-bond acceptors (Lipinski definition) is 4. The number of ether oxygens (including phenoxy) is 1. The molecule has 2 aromatic rings. The van der Waals surface area contributed by atoms with Gasteiger partial charge >= 0.3 is 6.09 Å². The Hall–Kier alpha value is -2.73. The summed E-state index contributed by atoms with van der Waals surface area (Å²) in [6.45, 7) is 5.28. The van der Waals surface area contributed by atoms with Crippen molar-refractivity contribution in [1.82, 2.24) is 9.80 Å². The fourth-order valence-corrected chi connectivity index (χ4v) is 4.42. The molecule has 0 radical (unpaired) electrons. The lowest BCUT2D eigenvalue weighted by atomic mass is 10.0. The van der Waals surface area contributed by atoms with Gasteiger partial charge in [-0.25, -0.2) is 4.79 Å². The van der Waals surface area contributed by atoms with E-state index in [1.165, 1.54) is 0 Å². The van der Waals surface area contributed by atoms with Crippen LogP contribution in [0.1, 0.15) is 47.4 Å². The average molecular weight is 428 g/mol. The van der Waals surface area contributed by atoms with E-state index in [0.717, 1.165) is 22.4 Å². The van der Waals surface area contributed by atoms with Gasteiger partial charge in [0.25, 0.3) is 5.91 Å². The monoisotopic (exact) mass is 427 g/mol. The Morgan fingerprint density at radius 3 is 2.63 bits per heavy atom. The van der Waals surface area contributed by atoms with Crippen LogP contribution in [-0.4, -0.2) is 47.5 Å². The number of piperidine rings is 1. The van der Waals surface area contributed by atoms with E-state index < -0.39 is 0 Å². The number of nitrogens with zero attached hydrogens (tertiary/aromatic N) is 2. The molecule has 2 aliphatic rings. The Bertz CT molecular complexity index is 956. The van der Waals surface area contributed by atoms with Crippen LogP contribution in [0.5, 0.6) is 0 Å². The molecule has 0 aliphatic carbocycles. The van der Waals surface area contributed by atoms with Crippen LogP contribution in [0.15, 0.2) is 42.5 Å². The van der Waals surface area contributed by atoms with Gasteiger partial charge in [-0.3, -0.25) is 4.79 Å². The van der Waals surface area contributed by atoms with Crippen molar-refractivity contribution in [1.29, 1.82) is 0 Å².